The molecule has 0 saturated carbocycles. The molecular weight excluding hydrogens is 278 g/mol. The Bertz CT molecular complexity index is 637. The van der Waals surface area contributed by atoms with Gasteiger partial charge in [0.15, 0.2) is 0 Å². The lowest BCUT2D eigenvalue weighted by Crippen LogP contribution is -2.51. The van der Waals surface area contributed by atoms with Gasteiger partial charge < -0.3 is 15.2 Å². The fraction of sp³-hybridized carbons (Fsp3) is 0.294. The van der Waals surface area contributed by atoms with Gasteiger partial charge in [-0.05, 0) is 30.5 Å². The Kier molecular flexibility index (Phi) is 4.23. The van der Waals surface area contributed by atoms with Crippen molar-refractivity contribution in [1.82, 2.24) is 15.2 Å². The van der Waals surface area contributed by atoms with Crippen molar-refractivity contribution in [2.75, 3.05) is 6.54 Å². The van der Waals surface area contributed by atoms with Gasteiger partial charge in [0.2, 0.25) is 5.91 Å². The third kappa shape index (κ3) is 3.19. The first-order valence-electron chi connectivity index (χ1n) is 7.51. The average Bonchev–Trinajstić information content (AvgIpc) is 3.07. The monoisotopic (exact) mass is 297 g/mol. The summed E-state index contributed by atoms with van der Waals surface area (Å²) in [5.74, 6) is -0.236. The highest BCUT2D eigenvalue weighted by molar-refractivity contribution is 5.96. The summed E-state index contributed by atoms with van der Waals surface area (Å²) in [4.78, 5) is 29.3. The number of amides is 2. The van der Waals surface area contributed by atoms with Gasteiger partial charge in [-0.3, -0.25) is 9.59 Å². The normalized spacial score (nSPS) is 18.3. The molecule has 1 aromatic carbocycles. The molecule has 1 aliphatic rings. The Hall–Kier alpha value is -2.56. The Morgan fingerprint density at radius 2 is 2.05 bits per heavy atom. The van der Waals surface area contributed by atoms with Crippen LogP contribution < -0.4 is 5.32 Å². The van der Waals surface area contributed by atoms with Crippen LogP contribution in [0.5, 0.6) is 0 Å². The maximum atomic E-state index is 12.5. The Morgan fingerprint density at radius 1 is 1.23 bits per heavy atom. The number of hydrogen-bond donors (Lipinski definition) is 2. The van der Waals surface area contributed by atoms with Crippen LogP contribution in [0.15, 0.2) is 48.7 Å². The number of nitrogens with zero attached hydrogens (tertiary/aromatic N) is 1. The topological polar surface area (TPSA) is 65.2 Å². The molecular formula is C17H19N3O2. The molecule has 114 valence electrons. The van der Waals surface area contributed by atoms with E-state index in [0.29, 0.717) is 18.7 Å². The van der Waals surface area contributed by atoms with E-state index < -0.39 is 6.04 Å². The van der Waals surface area contributed by atoms with E-state index in [0.717, 1.165) is 18.5 Å². The SMILES string of the molecule is O=C(N[C@H]1CCCN(Cc2ccccc2)C1=O)c1ccc[nH]1. The highest BCUT2D eigenvalue weighted by Crippen LogP contribution is 2.15. The molecule has 0 radical (unpaired) electrons. The average molecular weight is 297 g/mol. The molecule has 5 heteroatoms. The second kappa shape index (κ2) is 6.47. The maximum Gasteiger partial charge on any atom is 0.268 e. The molecule has 0 unspecified atom stereocenters. The zero-order valence-corrected chi connectivity index (χ0v) is 12.3. The Morgan fingerprint density at radius 3 is 2.77 bits per heavy atom. The van der Waals surface area contributed by atoms with E-state index in [1.54, 1.807) is 18.3 Å². The minimum Gasteiger partial charge on any atom is -0.357 e. The summed E-state index contributed by atoms with van der Waals surface area (Å²) in [6.45, 7) is 1.33. The van der Waals surface area contributed by atoms with Gasteiger partial charge in [-0.2, -0.15) is 0 Å². The van der Waals surface area contributed by atoms with E-state index in [1.165, 1.54) is 0 Å². The predicted octanol–water partition coefficient (Wildman–Crippen LogP) is 1.94. The number of benzene rings is 1. The maximum absolute atomic E-state index is 12.5. The second-order valence-electron chi connectivity index (χ2n) is 5.50. The molecule has 5 nitrogen and oxygen atoms in total. The smallest absolute Gasteiger partial charge is 0.268 e. The first kappa shape index (κ1) is 14.4. The van der Waals surface area contributed by atoms with Gasteiger partial charge in [-0.25, -0.2) is 0 Å². The van der Waals surface area contributed by atoms with E-state index in [9.17, 15) is 9.59 Å². The van der Waals surface area contributed by atoms with E-state index in [-0.39, 0.29) is 11.8 Å². The molecule has 2 aromatic rings. The summed E-state index contributed by atoms with van der Waals surface area (Å²) in [6.07, 6.45) is 3.28. The van der Waals surface area contributed by atoms with E-state index in [1.807, 2.05) is 35.2 Å². The second-order valence-corrected chi connectivity index (χ2v) is 5.50. The summed E-state index contributed by atoms with van der Waals surface area (Å²) >= 11 is 0. The van der Waals surface area contributed by atoms with E-state index in [2.05, 4.69) is 10.3 Å². The quantitative estimate of drug-likeness (QED) is 0.905. The Labute approximate surface area is 129 Å². The molecule has 3 rings (SSSR count). The summed E-state index contributed by atoms with van der Waals surface area (Å²) in [5, 5.41) is 2.83. The van der Waals surface area contributed by atoms with Gasteiger partial charge in [-0.1, -0.05) is 30.3 Å². The first-order valence-corrected chi connectivity index (χ1v) is 7.51. The van der Waals surface area contributed by atoms with Crippen LogP contribution in [-0.2, 0) is 11.3 Å². The fourth-order valence-electron chi connectivity index (χ4n) is 2.74. The van der Waals surface area contributed by atoms with Crippen LogP contribution in [0.3, 0.4) is 0 Å². The van der Waals surface area contributed by atoms with Gasteiger partial charge in [0.25, 0.3) is 5.91 Å². The molecule has 1 saturated heterocycles. The molecule has 1 fully saturated rings. The molecule has 0 bridgehead atoms. The molecule has 1 aromatic heterocycles. The van der Waals surface area contributed by atoms with E-state index in [4.69, 9.17) is 0 Å². The zero-order valence-electron chi connectivity index (χ0n) is 12.3. The van der Waals surface area contributed by atoms with Crippen molar-refractivity contribution in [2.45, 2.75) is 25.4 Å². The number of carbonyl (C=O) groups is 2. The molecule has 1 aliphatic heterocycles. The van der Waals surface area contributed by atoms with Crippen molar-refractivity contribution in [1.29, 1.82) is 0 Å². The minimum absolute atomic E-state index is 0.00462. The lowest BCUT2D eigenvalue weighted by Gasteiger charge is -2.32. The van der Waals surface area contributed by atoms with Gasteiger partial charge in [0, 0.05) is 19.3 Å². The van der Waals surface area contributed by atoms with Crippen LogP contribution in [0.2, 0.25) is 0 Å². The van der Waals surface area contributed by atoms with E-state index >= 15 is 0 Å². The lowest BCUT2D eigenvalue weighted by molar-refractivity contribution is -0.136. The zero-order chi connectivity index (χ0) is 15.4. The molecule has 0 aliphatic carbocycles. The van der Waals surface area contributed by atoms with Gasteiger partial charge in [0.05, 0.1) is 0 Å². The molecule has 2 amide bonds. The fourth-order valence-corrected chi connectivity index (χ4v) is 2.74. The molecule has 22 heavy (non-hydrogen) atoms. The van der Waals surface area contributed by atoms with Crippen LogP contribution in [-0.4, -0.2) is 34.3 Å². The number of hydrogen-bond acceptors (Lipinski definition) is 2. The lowest BCUT2D eigenvalue weighted by atomic mass is 10.0. The molecule has 2 heterocycles. The van der Waals surface area contributed by atoms with Crippen molar-refractivity contribution in [3.05, 3.63) is 59.9 Å². The third-order valence-corrected chi connectivity index (χ3v) is 3.89. The third-order valence-electron chi connectivity index (χ3n) is 3.89. The van der Waals surface area contributed by atoms with Gasteiger partial charge in [-0.15, -0.1) is 0 Å². The minimum atomic E-state index is -0.437. The number of aromatic nitrogens is 1. The first-order chi connectivity index (χ1) is 10.7. The summed E-state index contributed by atoms with van der Waals surface area (Å²) < 4.78 is 0. The highest BCUT2D eigenvalue weighted by atomic mass is 16.2. The molecule has 2 N–H and O–H groups in total. The highest BCUT2D eigenvalue weighted by Gasteiger charge is 2.30. The number of carbonyl (C=O) groups excluding carboxylic acids is 2. The van der Waals surface area contributed by atoms with Crippen LogP contribution in [0.4, 0.5) is 0 Å². The summed E-state index contributed by atoms with van der Waals surface area (Å²) in [7, 11) is 0. The standard InChI is InChI=1S/C17H19N3O2/c21-16(14-8-4-10-18-14)19-15-9-5-11-20(17(15)22)12-13-6-2-1-3-7-13/h1-4,6-8,10,15,18H,5,9,11-12H2,(H,19,21)/t15-/m0/s1. The van der Waals surface area contributed by atoms with Crippen molar-refractivity contribution >= 4 is 11.8 Å². The number of H-pyrrole nitrogens is 1. The van der Waals surface area contributed by atoms with Crippen LogP contribution in [0.1, 0.15) is 28.9 Å². The van der Waals surface area contributed by atoms with Crippen molar-refractivity contribution < 1.29 is 9.59 Å². The van der Waals surface area contributed by atoms with Crippen molar-refractivity contribution in [3.63, 3.8) is 0 Å². The number of nitrogens with one attached hydrogen (secondary N) is 2. The number of likely N-dealkylation sites (tertiary alicyclic amines) is 1. The van der Waals surface area contributed by atoms with Crippen LogP contribution in [0, 0.1) is 0 Å². The van der Waals surface area contributed by atoms with Crippen molar-refractivity contribution in [3.8, 4) is 0 Å². The van der Waals surface area contributed by atoms with Crippen LogP contribution in [0.25, 0.3) is 0 Å². The largest absolute Gasteiger partial charge is 0.357 e. The number of rotatable bonds is 4. The van der Waals surface area contributed by atoms with Gasteiger partial charge in [0.1, 0.15) is 11.7 Å². The summed E-state index contributed by atoms with van der Waals surface area (Å²) in [5.41, 5.74) is 1.58. The van der Waals surface area contributed by atoms with Crippen molar-refractivity contribution in [2.24, 2.45) is 0 Å². The van der Waals surface area contributed by atoms with Gasteiger partial charge >= 0.3 is 0 Å². The predicted molar refractivity (Wildman–Crippen MR) is 83.1 cm³/mol. The van der Waals surface area contributed by atoms with Crippen LogP contribution >= 0.6 is 0 Å². The number of aromatic amines is 1. The Balaban J connectivity index is 1.64. The molecule has 1 atom stereocenters. The molecule has 0 spiro atoms. The number of piperidine rings is 1. The summed E-state index contributed by atoms with van der Waals surface area (Å²) in [6, 6.07) is 12.9.